The highest BCUT2D eigenvalue weighted by Crippen LogP contribution is 2.32. The Bertz CT molecular complexity index is 1940. The summed E-state index contributed by atoms with van der Waals surface area (Å²) in [6.45, 7) is 0.767. The van der Waals surface area contributed by atoms with Gasteiger partial charge >= 0.3 is 0 Å². The number of nitrogens with zero attached hydrogens (tertiary/aromatic N) is 4. The van der Waals surface area contributed by atoms with E-state index in [1.807, 2.05) is 41.9 Å². The summed E-state index contributed by atoms with van der Waals surface area (Å²) in [6, 6.07) is 26.6. The molecular weight excluding hydrogens is 559 g/mol. The molecule has 44 heavy (non-hydrogen) atoms. The Kier molecular flexibility index (Phi) is 9.12. The Morgan fingerprint density at radius 2 is 1.66 bits per heavy atom. The zero-order chi connectivity index (χ0) is 31.1. The van der Waals surface area contributed by atoms with Gasteiger partial charge in [-0.1, -0.05) is 30.3 Å². The number of halogens is 1. The van der Waals surface area contributed by atoms with Crippen molar-refractivity contribution in [3.8, 4) is 34.1 Å². The first-order valence-electron chi connectivity index (χ1n) is 13.7. The van der Waals surface area contributed by atoms with E-state index >= 15 is 0 Å². The number of phenols is 1. The molecule has 6 aromatic rings. The topological polar surface area (TPSA) is 136 Å². The van der Waals surface area contributed by atoms with Crippen LogP contribution < -0.4 is 11.1 Å². The number of rotatable bonds is 8. The number of aromatic nitrogens is 4. The van der Waals surface area contributed by atoms with Crippen molar-refractivity contribution in [1.29, 1.82) is 0 Å². The van der Waals surface area contributed by atoms with E-state index in [1.54, 1.807) is 36.5 Å². The predicted molar refractivity (Wildman–Crippen MR) is 168 cm³/mol. The smallest absolute Gasteiger partial charge is 0.165 e. The number of aromatic hydroxyl groups is 1. The average molecular weight is 589 g/mol. The summed E-state index contributed by atoms with van der Waals surface area (Å²) in [7, 11) is 1.91. The number of carbonyl (C=O) groups is 2. The second-order valence-corrected chi connectivity index (χ2v) is 9.80. The van der Waals surface area contributed by atoms with Crippen LogP contribution in [0.2, 0.25) is 0 Å². The number of hydrogen-bond acceptors (Lipinski definition) is 8. The van der Waals surface area contributed by atoms with Crippen LogP contribution in [0.5, 0.6) is 5.75 Å². The molecule has 0 radical (unpaired) electrons. The van der Waals surface area contributed by atoms with Crippen LogP contribution >= 0.6 is 0 Å². The highest BCUT2D eigenvalue weighted by atomic mass is 19.1. The number of nitrogen functional groups attached to an aromatic ring is 1. The third-order valence-electron chi connectivity index (χ3n) is 6.85. The molecule has 0 saturated carbocycles. The zero-order valence-electron chi connectivity index (χ0n) is 23.8. The third-order valence-corrected chi connectivity index (χ3v) is 6.85. The Morgan fingerprint density at radius 1 is 0.909 bits per heavy atom. The van der Waals surface area contributed by atoms with E-state index in [0.29, 0.717) is 51.5 Å². The number of nitrogens with one attached hydrogen (secondary N) is 1. The van der Waals surface area contributed by atoms with Crippen molar-refractivity contribution < 1.29 is 19.1 Å². The molecule has 0 aliphatic carbocycles. The molecular formula is C34H29FN6O3. The van der Waals surface area contributed by atoms with Crippen molar-refractivity contribution in [3.05, 3.63) is 120 Å². The Balaban J connectivity index is 0.000000270. The number of imidazole rings is 1. The lowest BCUT2D eigenvalue weighted by Gasteiger charge is -2.11. The minimum absolute atomic E-state index is 0.0793. The number of aldehydes is 2. The highest BCUT2D eigenvalue weighted by molar-refractivity contribution is 5.84. The van der Waals surface area contributed by atoms with Crippen LogP contribution in [-0.2, 0) is 17.8 Å². The number of carbonyl (C=O) groups excluding carboxylic acids is 2. The molecule has 10 heteroatoms. The van der Waals surface area contributed by atoms with Crippen molar-refractivity contribution in [3.63, 3.8) is 0 Å². The van der Waals surface area contributed by atoms with Gasteiger partial charge in [0.15, 0.2) is 17.8 Å². The average Bonchev–Trinajstić information content (AvgIpc) is 3.41. The predicted octanol–water partition coefficient (Wildman–Crippen LogP) is 5.54. The van der Waals surface area contributed by atoms with Gasteiger partial charge in [0.25, 0.3) is 0 Å². The van der Waals surface area contributed by atoms with Gasteiger partial charge in [-0.25, -0.2) is 19.3 Å². The van der Waals surface area contributed by atoms with Crippen LogP contribution in [0, 0.1) is 5.82 Å². The summed E-state index contributed by atoms with van der Waals surface area (Å²) < 4.78 is 16.4. The molecule has 0 bridgehead atoms. The maximum atomic E-state index is 14.4. The van der Waals surface area contributed by atoms with Gasteiger partial charge in [0.1, 0.15) is 29.2 Å². The van der Waals surface area contributed by atoms with E-state index in [4.69, 9.17) is 15.7 Å². The summed E-state index contributed by atoms with van der Waals surface area (Å²) in [4.78, 5) is 34.2. The maximum absolute atomic E-state index is 14.4. The highest BCUT2D eigenvalue weighted by Gasteiger charge is 2.19. The van der Waals surface area contributed by atoms with E-state index in [9.17, 15) is 19.1 Å². The Morgan fingerprint density at radius 3 is 2.34 bits per heavy atom. The summed E-state index contributed by atoms with van der Waals surface area (Å²) >= 11 is 0. The van der Waals surface area contributed by atoms with Crippen LogP contribution in [0.15, 0.2) is 97.2 Å². The SMILES string of the molecule is CNCc1ccc(-n2c(-c3cccnc3N)nc3ccc(-c4ccccc4F)nc32)cc1.O=CCc1ccc(C=O)c(O)c1. The first kappa shape index (κ1) is 29.7. The lowest BCUT2D eigenvalue weighted by atomic mass is 10.1. The fourth-order valence-electron chi connectivity index (χ4n) is 4.69. The molecule has 6 rings (SSSR count). The number of anilines is 1. The molecule has 0 fully saturated rings. The van der Waals surface area contributed by atoms with E-state index in [0.717, 1.165) is 24.1 Å². The second kappa shape index (κ2) is 13.5. The summed E-state index contributed by atoms with van der Waals surface area (Å²) in [6.07, 6.45) is 3.22. The molecule has 0 unspecified atom stereocenters. The van der Waals surface area contributed by atoms with Gasteiger partial charge in [-0.2, -0.15) is 0 Å². The lowest BCUT2D eigenvalue weighted by molar-refractivity contribution is -0.107. The fourth-order valence-corrected chi connectivity index (χ4v) is 4.69. The molecule has 0 aliphatic rings. The minimum atomic E-state index is -0.321. The molecule has 0 saturated heterocycles. The number of hydrogen-bond donors (Lipinski definition) is 3. The normalized spacial score (nSPS) is 10.7. The van der Waals surface area contributed by atoms with Crippen LogP contribution in [0.25, 0.3) is 39.5 Å². The van der Waals surface area contributed by atoms with E-state index < -0.39 is 0 Å². The van der Waals surface area contributed by atoms with E-state index in [2.05, 4.69) is 22.4 Å². The third kappa shape index (κ3) is 6.35. The number of nitrogens with two attached hydrogens (primary N) is 1. The monoisotopic (exact) mass is 588 g/mol. The fraction of sp³-hybridized carbons (Fsp3) is 0.0882. The van der Waals surface area contributed by atoms with Crippen molar-refractivity contribution in [2.75, 3.05) is 12.8 Å². The van der Waals surface area contributed by atoms with Gasteiger partial charge < -0.3 is 21.0 Å². The zero-order valence-corrected chi connectivity index (χ0v) is 23.8. The number of phenolic OH excluding ortho intramolecular Hbond substituents is 1. The molecule has 3 aromatic carbocycles. The maximum Gasteiger partial charge on any atom is 0.165 e. The Labute approximate surface area is 252 Å². The van der Waals surface area contributed by atoms with Gasteiger partial charge in [0.2, 0.25) is 0 Å². The molecule has 4 N–H and O–H groups in total. The first-order chi connectivity index (χ1) is 21.4. The summed E-state index contributed by atoms with van der Waals surface area (Å²) in [5, 5.41) is 12.3. The Hall–Kier alpha value is -5.74. The van der Waals surface area contributed by atoms with Gasteiger partial charge in [-0.3, -0.25) is 9.36 Å². The van der Waals surface area contributed by atoms with Crippen molar-refractivity contribution in [2.45, 2.75) is 13.0 Å². The van der Waals surface area contributed by atoms with Crippen LogP contribution in [0.1, 0.15) is 21.5 Å². The lowest BCUT2D eigenvalue weighted by Crippen LogP contribution is -2.06. The largest absolute Gasteiger partial charge is 0.507 e. The number of benzene rings is 3. The van der Waals surface area contributed by atoms with Crippen molar-refractivity contribution in [2.24, 2.45) is 0 Å². The second-order valence-electron chi connectivity index (χ2n) is 9.80. The molecule has 220 valence electrons. The summed E-state index contributed by atoms with van der Waals surface area (Å²) in [5.41, 5.74) is 12.1. The molecule has 9 nitrogen and oxygen atoms in total. The molecule has 3 heterocycles. The van der Waals surface area contributed by atoms with Gasteiger partial charge in [0.05, 0.1) is 16.8 Å². The van der Waals surface area contributed by atoms with Crippen LogP contribution in [0.3, 0.4) is 0 Å². The molecule has 0 spiro atoms. The van der Waals surface area contributed by atoms with E-state index in [1.165, 1.54) is 18.2 Å². The van der Waals surface area contributed by atoms with Gasteiger partial charge in [-0.05, 0) is 78.8 Å². The van der Waals surface area contributed by atoms with Crippen LogP contribution in [0.4, 0.5) is 10.2 Å². The number of pyridine rings is 2. The van der Waals surface area contributed by atoms with Crippen molar-refractivity contribution in [1.82, 2.24) is 24.8 Å². The van der Waals surface area contributed by atoms with Gasteiger partial charge in [0, 0.05) is 30.4 Å². The molecule has 3 aromatic heterocycles. The summed E-state index contributed by atoms with van der Waals surface area (Å²) in [5.74, 6) is 0.609. The minimum Gasteiger partial charge on any atom is -0.507 e. The molecule has 0 atom stereocenters. The standard InChI is InChI=1S/C25H21FN6.C9H8O3/c1-28-15-16-8-10-17(11-9-16)32-24(19-6-4-14-29-23(19)27)31-22-13-12-21(30-25(22)32)18-5-2-3-7-20(18)26;10-4-3-7-1-2-8(6-11)9(12)5-7/h2-14,28H,15H2,1H3,(H2,27,29);1-2,4-6,12H,3H2. The van der Waals surface area contributed by atoms with Gasteiger partial charge in [-0.15, -0.1) is 0 Å². The molecule has 0 amide bonds. The van der Waals surface area contributed by atoms with Crippen LogP contribution in [-0.4, -0.2) is 44.2 Å². The molecule has 0 aliphatic heterocycles. The first-order valence-corrected chi connectivity index (χ1v) is 13.7. The number of fused-ring (bicyclic) bond motifs is 1. The van der Waals surface area contributed by atoms with E-state index in [-0.39, 0.29) is 23.6 Å². The van der Waals surface area contributed by atoms with Crippen molar-refractivity contribution >= 4 is 29.6 Å². The quantitative estimate of drug-likeness (QED) is 0.197.